The van der Waals surface area contributed by atoms with Gasteiger partial charge >= 0.3 is 5.97 Å². The van der Waals surface area contributed by atoms with E-state index in [-0.39, 0.29) is 5.97 Å². The topological polar surface area (TPSA) is 74.4 Å². The smallest absolute Gasteiger partial charge is 0.308 e. The van der Waals surface area contributed by atoms with Crippen LogP contribution in [0.3, 0.4) is 0 Å². The van der Waals surface area contributed by atoms with E-state index in [4.69, 9.17) is 16.3 Å². The highest BCUT2D eigenvalue weighted by atomic mass is 35.5. The van der Waals surface area contributed by atoms with Crippen LogP contribution in [-0.4, -0.2) is 59.0 Å². The van der Waals surface area contributed by atoms with Gasteiger partial charge in [-0.15, -0.1) is 0 Å². The Morgan fingerprint density at radius 1 is 1.19 bits per heavy atom. The van der Waals surface area contributed by atoms with Crippen LogP contribution in [0.2, 0.25) is 5.02 Å². The predicted octanol–water partition coefficient (Wildman–Crippen LogP) is 2.96. The van der Waals surface area contributed by atoms with E-state index in [1.165, 1.54) is 6.92 Å². The number of ether oxygens (including phenoxy) is 1. The molecule has 0 saturated carbocycles. The zero-order valence-electron chi connectivity index (χ0n) is 15.2. The van der Waals surface area contributed by atoms with Crippen LogP contribution in [0.5, 0.6) is 5.75 Å². The number of benzene rings is 1. The normalized spacial score (nSPS) is 15.3. The lowest BCUT2D eigenvalue weighted by Gasteiger charge is -2.32. The molecule has 1 aromatic carbocycles. The summed E-state index contributed by atoms with van der Waals surface area (Å²) in [4.78, 5) is 27.9. The maximum absolute atomic E-state index is 11.3. The van der Waals surface area contributed by atoms with Crippen LogP contribution >= 0.6 is 11.6 Å². The standard InChI is InChI=1S/C19H20ClN5O2/c1-12(26)27-18-11-21-17-8-16(20)14(7-15(17)18)13-9-22-19(23-10-13)25-5-3-24(2)4-6-25/h7-11,21H,3-6H2,1-2H3. The Hall–Kier alpha value is -2.64. The van der Waals surface area contributed by atoms with E-state index in [0.29, 0.717) is 10.8 Å². The van der Waals surface area contributed by atoms with Crippen molar-refractivity contribution >= 4 is 34.4 Å². The third-order valence-electron chi connectivity index (χ3n) is 4.72. The Morgan fingerprint density at radius 2 is 1.89 bits per heavy atom. The van der Waals surface area contributed by atoms with Gasteiger partial charge in [-0.2, -0.15) is 0 Å². The summed E-state index contributed by atoms with van der Waals surface area (Å²) in [6.45, 7) is 5.20. The molecule has 0 aliphatic carbocycles. The minimum absolute atomic E-state index is 0.368. The van der Waals surface area contributed by atoms with Gasteiger partial charge in [0.1, 0.15) is 0 Å². The number of hydrogen-bond donors (Lipinski definition) is 1. The second-order valence-corrected chi connectivity index (χ2v) is 7.09. The third kappa shape index (κ3) is 3.61. The van der Waals surface area contributed by atoms with Crippen molar-refractivity contribution < 1.29 is 9.53 Å². The summed E-state index contributed by atoms with van der Waals surface area (Å²) in [5, 5.41) is 1.36. The molecule has 140 valence electrons. The van der Waals surface area contributed by atoms with Gasteiger partial charge in [0.05, 0.1) is 10.5 Å². The molecule has 3 aromatic rings. The minimum atomic E-state index is -0.368. The highest BCUT2D eigenvalue weighted by Crippen LogP contribution is 2.35. The van der Waals surface area contributed by atoms with E-state index in [0.717, 1.165) is 54.2 Å². The Kier molecular flexibility index (Phi) is 4.72. The first-order valence-electron chi connectivity index (χ1n) is 8.76. The molecule has 7 nitrogen and oxygen atoms in total. The van der Waals surface area contributed by atoms with E-state index < -0.39 is 0 Å². The van der Waals surface area contributed by atoms with Crippen molar-refractivity contribution in [3.63, 3.8) is 0 Å². The van der Waals surface area contributed by atoms with Crippen molar-refractivity contribution in [2.45, 2.75) is 6.92 Å². The fraction of sp³-hybridized carbons (Fsp3) is 0.316. The number of likely N-dealkylation sites (N-methyl/N-ethyl adjacent to an activating group) is 1. The number of carbonyl (C=O) groups excluding carboxylic acids is 1. The number of piperazine rings is 1. The maximum Gasteiger partial charge on any atom is 0.308 e. The third-order valence-corrected chi connectivity index (χ3v) is 5.03. The zero-order valence-corrected chi connectivity index (χ0v) is 16.0. The molecule has 1 saturated heterocycles. The van der Waals surface area contributed by atoms with Gasteiger partial charge in [0.2, 0.25) is 5.95 Å². The lowest BCUT2D eigenvalue weighted by atomic mass is 10.1. The van der Waals surface area contributed by atoms with Gasteiger partial charge < -0.3 is 19.5 Å². The molecule has 0 unspecified atom stereocenters. The summed E-state index contributed by atoms with van der Waals surface area (Å²) < 4.78 is 5.25. The fourth-order valence-electron chi connectivity index (χ4n) is 3.21. The van der Waals surface area contributed by atoms with Crippen LogP contribution in [0.15, 0.2) is 30.7 Å². The fourth-order valence-corrected chi connectivity index (χ4v) is 3.48. The van der Waals surface area contributed by atoms with Crippen molar-refractivity contribution in [1.82, 2.24) is 19.9 Å². The van der Waals surface area contributed by atoms with E-state index in [1.807, 2.05) is 12.1 Å². The molecule has 8 heteroatoms. The Labute approximate surface area is 161 Å². The van der Waals surface area contributed by atoms with Gasteiger partial charge in [-0.1, -0.05) is 11.6 Å². The molecule has 1 fully saturated rings. The molecule has 0 bridgehead atoms. The number of aromatic nitrogens is 3. The second-order valence-electron chi connectivity index (χ2n) is 6.69. The predicted molar refractivity (Wildman–Crippen MR) is 105 cm³/mol. The average molecular weight is 386 g/mol. The zero-order chi connectivity index (χ0) is 19.0. The summed E-state index contributed by atoms with van der Waals surface area (Å²) in [5.41, 5.74) is 2.41. The van der Waals surface area contributed by atoms with Gasteiger partial charge in [0.25, 0.3) is 0 Å². The lowest BCUT2D eigenvalue weighted by molar-refractivity contribution is -0.131. The molecule has 27 heavy (non-hydrogen) atoms. The molecule has 0 amide bonds. The largest absolute Gasteiger partial charge is 0.424 e. The Bertz CT molecular complexity index is 978. The van der Waals surface area contributed by atoms with Crippen molar-refractivity contribution in [1.29, 1.82) is 0 Å². The van der Waals surface area contributed by atoms with Crippen molar-refractivity contribution in [3.05, 3.63) is 35.7 Å². The van der Waals surface area contributed by atoms with Gasteiger partial charge in [-0.25, -0.2) is 9.97 Å². The highest BCUT2D eigenvalue weighted by molar-refractivity contribution is 6.34. The van der Waals surface area contributed by atoms with Crippen LogP contribution < -0.4 is 9.64 Å². The summed E-state index contributed by atoms with van der Waals surface area (Å²) >= 11 is 6.46. The molecular formula is C19H20ClN5O2. The number of nitrogens with zero attached hydrogens (tertiary/aromatic N) is 4. The van der Waals surface area contributed by atoms with Crippen LogP contribution in [0.25, 0.3) is 22.0 Å². The van der Waals surface area contributed by atoms with Gasteiger partial charge in [0.15, 0.2) is 5.75 Å². The Balaban J connectivity index is 1.65. The molecule has 1 N–H and O–H groups in total. The van der Waals surface area contributed by atoms with Crippen molar-refractivity contribution in [2.24, 2.45) is 0 Å². The highest BCUT2D eigenvalue weighted by Gasteiger charge is 2.17. The van der Waals surface area contributed by atoms with Crippen LogP contribution in [0, 0.1) is 0 Å². The summed E-state index contributed by atoms with van der Waals surface area (Å²) in [7, 11) is 2.12. The summed E-state index contributed by atoms with van der Waals surface area (Å²) in [5.74, 6) is 0.837. The van der Waals surface area contributed by atoms with Gasteiger partial charge in [0, 0.05) is 68.2 Å². The van der Waals surface area contributed by atoms with Crippen LogP contribution in [0.1, 0.15) is 6.92 Å². The molecule has 3 heterocycles. The molecule has 0 spiro atoms. The Morgan fingerprint density at radius 3 is 2.56 bits per heavy atom. The molecule has 1 aliphatic heterocycles. The molecule has 0 atom stereocenters. The van der Waals surface area contributed by atoms with Crippen molar-refractivity contribution in [3.8, 4) is 16.9 Å². The van der Waals surface area contributed by atoms with Crippen LogP contribution in [-0.2, 0) is 4.79 Å². The minimum Gasteiger partial charge on any atom is -0.424 e. The van der Waals surface area contributed by atoms with Crippen molar-refractivity contribution in [2.75, 3.05) is 38.1 Å². The first-order chi connectivity index (χ1) is 13.0. The molecular weight excluding hydrogens is 366 g/mol. The van der Waals surface area contributed by atoms with E-state index >= 15 is 0 Å². The monoisotopic (exact) mass is 385 g/mol. The summed E-state index contributed by atoms with van der Waals surface area (Å²) in [6, 6.07) is 3.70. The number of halogens is 1. The first-order valence-corrected chi connectivity index (χ1v) is 9.14. The average Bonchev–Trinajstić information content (AvgIpc) is 3.03. The number of esters is 1. The van der Waals surface area contributed by atoms with E-state index in [2.05, 4.69) is 31.8 Å². The van der Waals surface area contributed by atoms with E-state index in [1.54, 1.807) is 18.6 Å². The molecule has 0 radical (unpaired) electrons. The number of carbonyl (C=O) groups is 1. The number of fused-ring (bicyclic) bond motifs is 1. The lowest BCUT2D eigenvalue weighted by Crippen LogP contribution is -2.45. The van der Waals surface area contributed by atoms with E-state index in [9.17, 15) is 4.79 Å². The quantitative estimate of drug-likeness (QED) is 0.699. The number of anilines is 1. The number of hydrogen-bond acceptors (Lipinski definition) is 6. The molecule has 1 aliphatic rings. The molecule has 2 aromatic heterocycles. The maximum atomic E-state index is 11.3. The number of rotatable bonds is 3. The van der Waals surface area contributed by atoms with Gasteiger partial charge in [-0.3, -0.25) is 4.79 Å². The summed E-state index contributed by atoms with van der Waals surface area (Å²) in [6.07, 6.45) is 5.22. The number of nitrogens with one attached hydrogen (secondary N) is 1. The number of aromatic amines is 1. The number of H-pyrrole nitrogens is 1. The second kappa shape index (κ2) is 7.17. The first kappa shape index (κ1) is 17.8. The van der Waals surface area contributed by atoms with Crippen LogP contribution in [0.4, 0.5) is 5.95 Å². The van der Waals surface area contributed by atoms with Gasteiger partial charge in [-0.05, 0) is 19.2 Å². The molecule has 4 rings (SSSR count). The SMILES string of the molecule is CC(=O)Oc1c[nH]c2cc(Cl)c(-c3cnc(N4CCN(C)CC4)nc3)cc12.